The molecule has 0 aromatic carbocycles. The Hall–Kier alpha value is -0.640. The van der Waals surface area contributed by atoms with E-state index < -0.39 is 11.8 Å². The lowest BCUT2D eigenvalue weighted by molar-refractivity contribution is -0.158. The van der Waals surface area contributed by atoms with E-state index in [1.54, 1.807) is 0 Å². The number of ether oxygens (including phenoxy) is 1. The van der Waals surface area contributed by atoms with Gasteiger partial charge in [0.1, 0.15) is 17.8 Å². The minimum absolute atomic E-state index is 0.254. The molecule has 1 fully saturated rings. The average Bonchev–Trinajstić information content (AvgIpc) is 2.02. The van der Waals surface area contributed by atoms with Gasteiger partial charge in [-0.1, -0.05) is 0 Å². The summed E-state index contributed by atoms with van der Waals surface area (Å²) in [6.07, 6.45) is 0.140. The summed E-state index contributed by atoms with van der Waals surface area (Å²) in [5.74, 6) is -0.274. The van der Waals surface area contributed by atoms with Crippen LogP contribution in [0.5, 0.6) is 0 Å². The maximum absolute atomic E-state index is 12.7. The first kappa shape index (κ1) is 11.4. The highest BCUT2D eigenvalue weighted by atomic mass is 19.1. The van der Waals surface area contributed by atoms with Gasteiger partial charge in [0.25, 0.3) is 0 Å². The summed E-state index contributed by atoms with van der Waals surface area (Å²) in [6.45, 7) is 5.73. The van der Waals surface area contributed by atoms with Crippen LogP contribution in [-0.2, 0) is 9.53 Å². The van der Waals surface area contributed by atoms with Crippen molar-refractivity contribution in [1.82, 2.24) is 5.32 Å². The fourth-order valence-corrected chi connectivity index (χ4v) is 1.40. The molecule has 0 aromatic heterocycles. The summed E-state index contributed by atoms with van der Waals surface area (Å²) in [5.41, 5.74) is -0.467. The highest BCUT2D eigenvalue weighted by Gasteiger charge is 2.29. The number of hydrogen-bond acceptors (Lipinski definition) is 3. The molecule has 4 heteroatoms. The van der Waals surface area contributed by atoms with Gasteiger partial charge in [0, 0.05) is 6.54 Å². The van der Waals surface area contributed by atoms with Gasteiger partial charge in [-0.2, -0.15) is 0 Å². The molecule has 1 saturated heterocycles. The van der Waals surface area contributed by atoms with Crippen molar-refractivity contribution >= 4 is 5.97 Å². The van der Waals surface area contributed by atoms with E-state index in [0.29, 0.717) is 12.8 Å². The molecule has 0 radical (unpaired) electrons. The van der Waals surface area contributed by atoms with E-state index in [0.717, 1.165) is 0 Å². The third-order valence-corrected chi connectivity index (χ3v) is 2.05. The quantitative estimate of drug-likeness (QED) is 0.655. The van der Waals surface area contributed by atoms with Crippen LogP contribution in [0.4, 0.5) is 4.39 Å². The number of esters is 1. The molecule has 1 aliphatic rings. The summed E-state index contributed by atoms with van der Waals surface area (Å²) < 4.78 is 17.9. The second-order valence-electron chi connectivity index (χ2n) is 4.67. The van der Waals surface area contributed by atoms with E-state index in [1.165, 1.54) is 0 Å². The zero-order chi connectivity index (χ0) is 10.8. The SMILES string of the molecule is CC(C)(C)OC(=O)[C@@H]1CC[C@@H](F)CN1. The zero-order valence-corrected chi connectivity index (χ0v) is 8.97. The van der Waals surface area contributed by atoms with Crippen molar-refractivity contribution in [3.8, 4) is 0 Å². The minimum atomic E-state index is -0.825. The normalized spacial score (nSPS) is 28.6. The van der Waals surface area contributed by atoms with E-state index in [9.17, 15) is 9.18 Å². The molecular weight excluding hydrogens is 185 g/mol. The van der Waals surface area contributed by atoms with Crippen LogP contribution in [-0.4, -0.2) is 30.3 Å². The van der Waals surface area contributed by atoms with Gasteiger partial charge in [0.2, 0.25) is 0 Å². The molecule has 1 aliphatic heterocycles. The number of halogens is 1. The second kappa shape index (κ2) is 4.26. The molecule has 0 aliphatic carbocycles. The molecule has 0 bridgehead atoms. The molecule has 0 unspecified atom stereocenters. The molecule has 1 N–H and O–H groups in total. The third kappa shape index (κ3) is 3.62. The number of hydrogen-bond donors (Lipinski definition) is 1. The topological polar surface area (TPSA) is 38.3 Å². The van der Waals surface area contributed by atoms with Crippen molar-refractivity contribution in [2.24, 2.45) is 0 Å². The van der Waals surface area contributed by atoms with Gasteiger partial charge in [0.05, 0.1) is 0 Å². The Morgan fingerprint density at radius 3 is 2.50 bits per heavy atom. The second-order valence-corrected chi connectivity index (χ2v) is 4.67. The van der Waals surface area contributed by atoms with E-state index in [-0.39, 0.29) is 18.6 Å². The number of alkyl halides is 1. The van der Waals surface area contributed by atoms with E-state index in [1.807, 2.05) is 20.8 Å². The van der Waals surface area contributed by atoms with Gasteiger partial charge >= 0.3 is 5.97 Å². The zero-order valence-electron chi connectivity index (χ0n) is 8.97. The van der Waals surface area contributed by atoms with Crippen molar-refractivity contribution in [2.75, 3.05) is 6.54 Å². The summed E-state index contributed by atoms with van der Waals surface area (Å²) in [6, 6.07) is -0.332. The summed E-state index contributed by atoms with van der Waals surface area (Å²) in [7, 11) is 0. The van der Waals surface area contributed by atoms with Crippen molar-refractivity contribution in [1.29, 1.82) is 0 Å². The molecule has 0 spiro atoms. The van der Waals surface area contributed by atoms with Gasteiger partial charge in [-0.15, -0.1) is 0 Å². The molecule has 0 saturated carbocycles. The molecule has 14 heavy (non-hydrogen) atoms. The van der Waals surface area contributed by atoms with Gasteiger partial charge in [0.15, 0.2) is 0 Å². The van der Waals surface area contributed by atoms with Crippen LogP contribution >= 0.6 is 0 Å². The molecule has 0 amide bonds. The maximum Gasteiger partial charge on any atom is 0.323 e. The third-order valence-electron chi connectivity index (χ3n) is 2.05. The predicted molar refractivity (Wildman–Crippen MR) is 51.8 cm³/mol. The van der Waals surface area contributed by atoms with Crippen LogP contribution in [0, 0.1) is 0 Å². The molecule has 82 valence electrons. The van der Waals surface area contributed by atoms with E-state index in [2.05, 4.69) is 5.32 Å². The summed E-state index contributed by atoms with van der Waals surface area (Å²) in [5, 5.41) is 2.84. The van der Waals surface area contributed by atoms with Crippen LogP contribution < -0.4 is 5.32 Å². The first-order valence-corrected chi connectivity index (χ1v) is 4.99. The highest BCUT2D eigenvalue weighted by Crippen LogP contribution is 2.15. The van der Waals surface area contributed by atoms with Crippen LogP contribution in [0.15, 0.2) is 0 Å². The molecule has 1 rings (SSSR count). The number of rotatable bonds is 1. The standard InChI is InChI=1S/C10H18FNO2/c1-10(2,3)14-9(13)8-5-4-7(11)6-12-8/h7-8,12H,4-6H2,1-3H3/t7-,8+/m1/s1. The Morgan fingerprint density at radius 1 is 1.43 bits per heavy atom. The molecule has 3 nitrogen and oxygen atoms in total. The van der Waals surface area contributed by atoms with Gasteiger partial charge < -0.3 is 10.1 Å². The average molecular weight is 203 g/mol. The maximum atomic E-state index is 12.7. The summed E-state index contributed by atoms with van der Waals surface area (Å²) >= 11 is 0. The number of carbonyl (C=O) groups excluding carboxylic acids is 1. The smallest absolute Gasteiger partial charge is 0.323 e. The van der Waals surface area contributed by atoms with Crippen LogP contribution in [0.1, 0.15) is 33.6 Å². The number of nitrogens with one attached hydrogen (secondary N) is 1. The lowest BCUT2D eigenvalue weighted by atomic mass is 10.0. The minimum Gasteiger partial charge on any atom is -0.459 e. The Labute approximate surface area is 84.0 Å². The van der Waals surface area contributed by atoms with Gasteiger partial charge in [-0.3, -0.25) is 4.79 Å². The largest absolute Gasteiger partial charge is 0.459 e. The van der Waals surface area contributed by atoms with E-state index >= 15 is 0 Å². The van der Waals surface area contributed by atoms with E-state index in [4.69, 9.17) is 4.74 Å². The Kier molecular flexibility index (Phi) is 3.48. The van der Waals surface area contributed by atoms with Crippen molar-refractivity contribution in [3.63, 3.8) is 0 Å². The fraction of sp³-hybridized carbons (Fsp3) is 0.900. The molecule has 0 aromatic rings. The molecule has 2 atom stereocenters. The Balaban J connectivity index is 2.38. The molecular formula is C10H18FNO2. The molecule has 1 heterocycles. The van der Waals surface area contributed by atoms with Crippen molar-refractivity contribution in [3.05, 3.63) is 0 Å². The van der Waals surface area contributed by atoms with Crippen LogP contribution in [0.2, 0.25) is 0 Å². The number of piperidine rings is 1. The number of carbonyl (C=O) groups is 1. The van der Waals surface area contributed by atoms with Crippen molar-refractivity contribution in [2.45, 2.75) is 51.4 Å². The van der Waals surface area contributed by atoms with Gasteiger partial charge in [-0.05, 0) is 33.6 Å². The van der Waals surface area contributed by atoms with Crippen LogP contribution in [0.25, 0.3) is 0 Å². The Morgan fingerprint density at radius 2 is 2.07 bits per heavy atom. The van der Waals surface area contributed by atoms with Gasteiger partial charge in [-0.25, -0.2) is 4.39 Å². The Bertz CT molecular complexity index is 205. The first-order valence-electron chi connectivity index (χ1n) is 4.99. The van der Waals surface area contributed by atoms with Crippen molar-refractivity contribution < 1.29 is 13.9 Å². The lowest BCUT2D eigenvalue weighted by Gasteiger charge is -2.28. The fourth-order valence-electron chi connectivity index (χ4n) is 1.40. The lowest BCUT2D eigenvalue weighted by Crippen LogP contribution is -2.47. The highest BCUT2D eigenvalue weighted by molar-refractivity contribution is 5.76. The summed E-state index contributed by atoms with van der Waals surface area (Å²) in [4.78, 5) is 11.5. The predicted octanol–water partition coefficient (Wildman–Crippen LogP) is 1.42. The monoisotopic (exact) mass is 203 g/mol. The van der Waals surface area contributed by atoms with Crippen LogP contribution in [0.3, 0.4) is 0 Å². The first-order chi connectivity index (χ1) is 6.38.